The highest BCUT2D eigenvalue weighted by molar-refractivity contribution is 5.87. The topological polar surface area (TPSA) is 76.1 Å². The van der Waals surface area contributed by atoms with Gasteiger partial charge in [0.25, 0.3) is 0 Å². The van der Waals surface area contributed by atoms with Crippen molar-refractivity contribution < 1.29 is 13.9 Å². The van der Waals surface area contributed by atoms with E-state index in [1.807, 2.05) is 12.1 Å². The predicted molar refractivity (Wildman–Crippen MR) is 70.6 cm³/mol. The lowest BCUT2D eigenvalue weighted by molar-refractivity contribution is 0.112. The molecule has 0 aliphatic carbocycles. The Labute approximate surface area is 114 Å². The van der Waals surface area contributed by atoms with Crippen LogP contribution in [0.1, 0.15) is 16.1 Å². The van der Waals surface area contributed by atoms with Crippen molar-refractivity contribution in [3.8, 4) is 17.7 Å². The number of benzene rings is 1. The monoisotopic (exact) mass is 264 g/mol. The molecule has 0 unspecified atom stereocenters. The van der Waals surface area contributed by atoms with Crippen molar-refractivity contribution in [1.82, 2.24) is 4.98 Å². The lowest BCUT2D eigenvalue weighted by Gasteiger charge is -2.04. The summed E-state index contributed by atoms with van der Waals surface area (Å²) in [5, 5.41) is 9.77. The Balaban J connectivity index is 2.15. The van der Waals surface area contributed by atoms with E-state index in [1.165, 1.54) is 6.20 Å². The van der Waals surface area contributed by atoms with E-state index in [9.17, 15) is 4.79 Å². The normalized spacial score (nSPS) is 10.2. The number of hydrogen-bond donors (Lipinski definition) is 0. The second-order valence-corrected chi connectivity index (χ2v) is 3.99. The van der Waals surface area contributed by atoms with Crippen LogP contribution in [0.2, 0.25) is 0 Å². The highest BCUT2D eigenvalue weighted by atomic mass is 16.5. The Bertz CT molecular complexity index is 830. The lowest BCUT2D eigenvalue weighted by Crippen LogP contribution is -1.93. The molecular weight excluding hydrogens is 256 g/mol. The van der Waals surface area contributed by atoms with Crippen LogP contribution < -0.4 is 4.74 Å². The molecular formula is C15H8N2O3. The summed E-state index contributed by atoms with van der Waals surface area (Å²) in [6.45, 7) is 0. The summed E-state index contributed by atoms with van der Waals surface area (Å²) < 4.78 is 11.0. The Hall–Kier alpha value is -3.13. The molecule has 0 aliphatic heterocycles. The maximum atomic E-state index is 11.0. The molecule has 3 aromatic rings. The molecule has 0 fully saturated rings. The number of fused-ring (bicyclic) bond motifs is 1. The molecule has 0 atom stereocenters. The molecule has 0 bridgehead atoms. The fraction of sp³-hybridized carbons (Fsp3) is 0. The van der Waals surface area contributed by atoms with Crippen LogP contribution in [0.4, 0.5) is 0 Å². The Kier molecular flexibility index (Phi) is 2.90. The number of carbonyl (C=O) groups is 1. The largest absolute Gasteiger partial charge is 0.442 e. The second kappa shape index (κ2) is 4.86. The van der Waals surface area contributed by atoms with Crippen molar-refractivity contribution in [2.45, 2.75) is 0 Å². The molecule has 0 spiro atoms. The van der Waals surface area contributed by atoms with Crippen LogP contribution in [0, 0.1) is 11.3 Å². The zero-order valence-electron chi connectivity index (χ0n) is 10.2. The summed E-state index contributed by atoms with van der Waals surface area (Å²) in [4.78, 5) is 15.0. The fourth-order valence-corrected chi connectivity index (χ4v) is 1.87. The van der Waals surface area contributed by atoms with Crippen molar-refractivity contribution >= 4 is 17.3 Å². The number of para-hydroxylation sites is 1. The first-order chi connectivity index (χ1) is 9.83. The van der Waals surface area contributed by atoms with Gasteiger partial charge in [-0.1, -0.05) is 12.1 Å². The summed E-state index contributed by atoms with van der Waals surface area (Å²) >= 11 is 0. The molecule has 0 amide bonds. The third kappa shape index (κ3) is 1.89. The van der Waals surface area contributed by atoms with Gasteiger partial charge in [-0.15, -0.1) is 0 Å². The Morgan fingerprint density at radius 2 is 2.10 bits per heavy atom. The predicted octanol–water partition coefficient (Wildman–Crippen LogP) is 3.30. The number of nitriles is 1. The van der Waals surface area contributed by atoms with E-state index in [1.54, 1.807) is 30.3 Å². The smallest absolute Gasteiger partial charge is 0.247 e. The maximum Gasteiger partial charge on any atom is 0.247 e. The number of ether oxygens (including phenoxy) is 1. The molecule has 0 aliphatic rings. The molecule has 96 valence electrons. The number of pyridine rings is 1. The summed E-state index contributed by atoms with van der Waals surface area (Å²) in [6.07, 6.45) is 2.16. The van der Waals surface area contributed by atoms with Gasteiger partial charge in [-0.25, -0.2) is 4.98 Å². The number of nitrogens with zero attached hydrogens (tertiary/aromatic N) is 2. The van der Waals surface area contributed by atoms with Gasteiger partial charge in [-0.2, -0.15) is 5.26 Å². The van der Waals surface area contributed by atoms with Crippen molar-refractivity contribution in [1.29, 1.82) is 5.26 Å². The molecule has 20 heavy (non-hydrogen) atoms. The molecule has 2 aromatic heterocycles. The van der Waals surface area contributed by atoms with E-state index in [2.05, 4.69) is 4.98 Å². The minimum absolute atomic E-state index is 0.0497. The third-order valence-corrected chi connectivity index (χ3v) is 2.78. The molecule has 0 N–H and O–H groups in total. The van der Waals surface area contributed by atoms with Crippen molar-refractivity contribution in [2.24, 2.45) is 0 Å². The van der Waals surface area contributed by atoms with Crippen molar-refractivity contribution in [3.63, 3.8) is 0 Å². The van der Waals surface area contributed by atoms with Gasteiger partial charge in [0, 0.05) is 6.20 Å². The number of furan rings is 1. The summed E-state index contributed by atoms with van der Waals surface area (Å²) in [5.41, 5.74) is 0.851. The SMILES string of the molecule is N#Cc1oc2ccccc2c1Oc1ncccc1C=O. The van der Waals surface area contributed by atoms with Gasteiger partial charge in [0.15, 0.2) is 12.0 Å². The summed E-state index contributed by atoms with van der Waals surface area (Å²) in [5.74, 6) is 0.462. The third-order valence-electron chi connectivity index (χ3n) is 2.78. The zero-order valence-corrected chi connectivity index (χ0v) is 10.2. The minimum atomic E-state index is 0.0497. The molecule has 5 nitrogen and oxygen atoms in total. The van der Waals surface area contributed by atoms with E-state index in [0.717, 1.165) is 0 Å². The summed E-state index contributed by atoms with van der Waals surface area (Å²) in [7, 11) is 0. The second-order valence-electron chi connectivity index (χ2n) is 3.99. The molecule has 0 saturated heterocycles. The van der Waals surface area contributed by atoms with Crippen LogP contribution in [-0.2, 0) is 0 Å². The van der Waals surface area contributed by atoms with Crippen LogP contribution in [0.25, 0.3) is 11.0 Å². The van der Waals surface area contributed by atoms with Gasteiger partial charge in [0.05, 0.1) is 10.9 Å². The van der Waals surface area contributed by atoms with Gasteiger partial charge >= 0.3 is 0 Å². The van der Waals surface area contributed by atoms with Crippen LogP contribution in [0.15, 0.2) is 47.0 Å². The lowest BCUT2D eigenvalue weighted by atomic mass is 10.2. The highest BCUT2D eigenvalue weighted by Crippen LogP contribution is 2.35. The van der Waals surface area contributed by atoms with Crippen LogP contribution >= 0.6 is 0 Å². The quantitative estimate of drug-likeness (QED) is 0.678. The van der Waals surface area contributed by atoms with Gasteiger partial charge in [-0.3, -0.25) is 4.79 Å². The van der Waals surface area contributed by atoms with Gasteiger partial charge in [-0.05, 0) is 24.3 Å². The molecule has 5 heteroatoms. The highest BCUT2D eigenvalue weighted by Gasteiger charge is 2.17. The summed E-state index contributed by atoms with van der Waals surface area (Å²) in [6, 6.07) is 12.3. The van der Waals surface area contributed by atoms with Gasteiger partial charge in [0.1, 0.15) is 11.7 Å². The van der Waals surface area contributed by atoms with E-state index in [-0.39, 0.29) is 17.4 Å². The maximum absolute atomic E-state index is 11.0. The first-order valence-electron chi connectivity index (χ1n) is 5.83. The number of aromatic nitrogens is 1. The molecule has 0 radical (unpaired) electrons. The first-order valence-corrected chi connectivity index (χ1v) is 5.83. The first kappa shape index (κ1) is 11.9. The minimum Gasteiger partial charge on any atom is -0.442 e. The van der Waals surface area contributed by atoms with E-state index >= 15 is 0 Å². The molecule has 1 aromatic carbocycles. The fourth-order valence-electron chi connectivity index (χ4n) is 1.87. The van der Waals surface area contributed by atoms with E-state index < -0.39 is 0 Å². The number of rotatable bonds is 3. The molecule has 2 heterocycles. The Morgan fingerprint density at radius 1 is 1.25 bits per heavy atom. The van der Waals surface area contributed by atoms with Crippen LogP contribution in [0.5, 0.6) is 11.6 Å². The van der Waals surface area contributed by atoms with Crippen LogP contribution in [-0.4, -0.2) is 11.3 Å². The van der Waals surface area contributed by atoms with Crippen molar-refractivity contribution in [3.05, 3.63) is 53.9 Å². The zero-order chi connectivity index (χ0) is 13.9. The Morgan fingerprint density at radius 3 is 2.90 bits per heavy atom. The van der Waals surface area contributed by atoms with Crippen LogP contribution in [0.3, 0.4) is 0 Å². The number of aldehydes is 1. The van der Waals surface area contributed by atoms with E-state index in [0.29, 0.717) is 22.8 Å². The number of hydrogen-bond acceptors (Lipinski definition) is 5. The van der Waals surface area contributed by atoms with Gasteiger partial charge < -0.3 is 9.15 Å². The number of carbonyl (C=O) groups excluding carboxylic acids is 1. The average molecular weight is 264 g/mol. The van der Waals surface area contributed by atoms with E-state index in [4.69, 9.17) is 14.4 Å². The molecule has 0 saturated carbocycles. The average Bonchev–Trinajstić information content (AvgIpc) is 2.86. The molecule has 3 rings (SSSR count). The standard InChI is InChI=1S/C15H8N2O3/c16-8-13-14(11-5-1-2-6-12(11)19-13)20-15-10(9-18)4-3-7-17-15/h1-7,9H. The van der Waals surface area contributed by atoms with Gasteiger partial charge in [0.2, 0.25) is 11.6 Å². The van der Waals surface area contributed by atoms with Crippen molar-refractivity contribution in [2.75, 3.05) is 0 Å².